The Balaban J connectivity index is 1.73. The molecular formula is C17H21FN2O4. The van der Waals surface area contributed by atoms with Gasteiger partial charge >= 0.3 is 6.09 Å². The number of carbonyl (C=O) groups excluding carboxylic acids is 1. The van der Waals surface area contributed by atoms with Gasteiger partial charge in [-0.2, -0.15) is 0 Å². The van der Waals surface area contributed by atoms with Crippen molar-refractivity contribution >= 4 is 18.1 Å². The van der Waals surface area contributed by atoms with Gasteiger partial charge in [0.25, 0.3) is 5.91 Å². The molecule has 0 bridgehead atoms. The van der Waals surface area contributed by atoms with E-state index in [9.17, 15) is 19.1 Å². The van der Waals surface area contributed by atoms with Crippen molar-refractivity contribution in [3.8, 4) is 0 Å². The number of hydrogen-bond donors (Lipinski definition) is 3. The zero-order valence-corrected chi connectivity index (χ0v) is 13.2. The fourth-order valence-corrected chi connectivity index (χ4v) is 2.52. The molecule has 24 heavy (non-hydrogen) atoms. The van der Waals surface area contributed by atoms with Crippen LogP contribution in [0.2, 0.25) is 0 Å². The summed E-state index contributed by atoms with van der Waals surface area (Å²) < 4.78 is 12.8. The van der Waals surface area contributed by atoms with Crippen LogP contribution in [-0.2, 0) is 4.79 Å². The second-order valence-electron chi connectivity index (χ2n) is 5.80. The number of rotatable bonds is 5. The Hall–Kier alpha value is -2.41. The fourth-order valence-electron chi connectivity index (χ4n) is 2.52. The lowest BCUT2D eigenvalue weighted by molar-refractivity contribution is -0.144. The summed E-state index contributed by atoms with van der Waals surface area (Å²) in [6.07, 6.45) is 3.40. The van der Waals surface area contributed by atoms with Crippen molar-refractivity contribution in [1.29, 1.82) is 0 Å². The molecule has 1 aromatic rings. The highest BCUT2D eigenvalue weighted by atomic mass is 19.1. The first-order chi connectivity index (χ1) is 11.4. The van der Waals surface area contributed by atoms with E-state index in [0.29, 0.717) is 13.0 Å². The van der Waals surface area contributed by atoms with E-state index in [1.54, 1.807) is 12.1 Å². The van der Waals surface area contributed by atoms with E-state index >= 15 is 0 Å². The van der Waals surface area contributed by atoms with Crippen LogP contribution in [0.4, 0.5) is 9.18 Å². The first-order valence-corrected chi connectivity index (χ1v) is 7.81. The molecule has 0 atom stereocenters. The van der Waals surface area contributed by atoms with E-state index in [4.69, 9.17) is 5.11 Å². The van der Waals surface area contributed by atoms with Crippen LogP contribution in [0, 0.1) is 5.82 Å². The van der Waals surface area contributed by atoms with Crippen LogP contribution in [0.1, 0.15) is 24.8 Å². The number of carboxylic acid groups (broad SMARTS) is 1. The van der Waals surface area contributed by atoms with Crippen molar-refractivity contribution in [1.82, 2.24) is 10.2 Å². The first-order valence-electron chi connectivity index (χ1n) is 7.81. The van der Waals surface area contributed by atoms with Gasteiger partial charge in [0.05, 0.1) is 0 Å². The van der Waals surface area contributed by atoms with Crippen LogP contribution in [0.25, 0.3) is 6.08 Å². The SMILES string of the molecule is O=C(O)N1CCC(O)(C(=O)NCCC=Cc2ccc(F)cc2)CC1. The quantitative estimate of drug-likeness (QED) is 0.716. The molecule has 0 unspecified atom stereocenters. The summed E-state index contributed by atoms with van der Waals surface area (Å²) in [4.78, 5) is 24.1. The average Bonchev–Trinajstić information content (AvgIpc) is 2.56. The predicted octanol–water partition coefficient (Wildman–Crippen LogP) is 1.85. The average molecular weight is 336 g/mol. The number of likely N-dealkylation sites (tertiary alicyclic amines) is 1. The van der Waals surface area contributed by atoms with E-state index in [0.717, 1.165) is 5.56 Å². The van der Waals surface area contributed by atoms with Crippen LogP contribution < -0.4 is 5.32 Å². The Labute approximate surface area is 139 Å². The Morgan fingerprint density at radius 2 is 1.88 bits per heavy atom. The highest BCUT2D eigenvalue weighted by molar-refractivity contribution is 5.85. The molecule has 0 spiro atoms. The summed E-state index contributed by atoms with van der Waals surface area (Å²) in [5, 5.41) is 21.9. The van der Waals surface area contributed by atoms with Gasteiger partial charge in [-0.05, 0) is 24.1 Å². The minimum atomic E-state index is -1.51. The highest BCUT2D eigenvalue weighted by Crippen LogP contribution is 2.22. The minimum Gasteiger partial charge on any atom is -0.465 e. The molecule has 1 saturated heterocycles. The van der Waals surface area contributed by atoms with Gasteiger partial charge in [-0.3, -0.25) is 4.79 Å². The third kappa shape index (κ3) is 4.79. The van der Waals surface area contributed by atoms with E-state index in [1.165, 1.54) is 17.0 Å². The van der Waals surface area contributed by atoms with Gasteiger partial charge in [-0.15, -0.1) is 0 Å². The zero-order chi connectivity index (χ0) is 17.6. The van der Waals surface area contributed by atoms with Gasteiger partial charge in [0.1, 0.15) is 11.4 Å². The molecule has 2 amide bonds. The second kappa shape index (κ2) is 7.92. The molecule has 6 nitrogen and oxygen atoms in total. The van der Waals surface area contributed by atoms with E-state index in [1.807, 2.05) is 12.2 Å². The van der Waals surface area contributed by atoms with Crippen molar-refractivity contribution in [2.75, 3.05) is 19.6 Å². The molecule has 1 aromatic carbocycles. The molecule has 1 heterocycles. The summed E-state index contributed by atoms with van der Waals surface area (Å²) in [7, 11) is 0. The monoisotopic (exact) mass is 336 g/mol. The Kier molecular flexibility index (Phi) is 5.92. The number of nitrogens with one attached hydrogen (secondary N) is 1. The maximum Gasteiger partial charge on any atom is 0.407 e. The lowest BCUT2D eigenvalue weighted by Gasteiger charge is -2.35. The zero-order valence-electron chi connectivity index (χ0n) is 13.2. The smallest absolute Gasteiger partial charge is 0.407 e. The van der Waals surface area contributed by atoms with E-state index in [-0.39, 0.29) is 31.7 Å². The Morgan fingerprint density at radius 1 is 1.25 bits per heavy atom. The van der Waals surface area contributed by atoms with Gasteiger partial charge in [0, 0.05) is 32.5 Å². The third-order valence-electron chi connectivity index (χ3n) is 4.06. The number of amides is 2. The van der Waals surface area contributed by atoms with Crippen LogP contribution in [0.5, 0.6) is 0 Å². The molecule has 130 valence electrons. The Morgan fingerprint density at radius 3 is 2.46 bits per heavy atom. The number of piperidine rings is 1. The minimum absolute atomic E-state index is 0.0938. The Bertz CT molecular complexity index is 608. The lowest BCUT2D eigenvalue weighted by Crippen LogP contribution is -2.54. The van der Waals surface area contributed by atoms with Gasteiger partial charge in [0.2, 0.25) is 0 Å². The maximum atomic E-state index is 12.8. The topological polar surface area (TPSA) is 89.9 Å². The highest BCUT2D eigenvalue weighted by Gasteiger charge is 2.40. The molecule has 1 aliphatic rings. The third-order valence-corrected chi connectivity index (χ3v) is 4.06. The molecule has 1 fully saturated rings. The van der Waals surface area contributed by atoms with Gasteiger partial charge < -0.3 is 20.4 Å². The normalized spacial score (nSPS) is 17.0. The van der Waals surface area contributed by atoms with Crippen LogP contribution in [0.15, 0.2) is 30.3 Å². The summed E-state index contributed by atoms with van der Waals surface area (Å²) in [6.45, 7) is 0.648. The lowest BCUT2D eigenvalue weighted by atomic mass is 9.90. The van der Waals surface area contributed by atoms with Crippen molar-refractivity contribution < 1.29 is 24.2 Å². The van der Waals surface area contributed by atoms with Gasteiger partial charge in [-0.25, -0.2) is 9.18 Å². The summed E-state index contributed by atoms with van der Waals surface area (Å²) in [5.41, 5.74) is -0.644. The summed E-state index contributed by atoms with van der Waals surface area (Å²) >= 11 is 0. The molecule has 7 heteroatoms. The molecule has 0 aliphatic carbocycles. The standard InChI is InChI=1S/C17H21FN2O4/c18-14-6-4-13(5-7-14)3-1-2-10-19-15(21)17(24)8-11-20(12-9-17)16(22)23/h1,3-7,24H,2,8-12H2,(H,19,21)(H,22,23). The van der Waals surface area contributed by atoms with Gasteiger partial charge in [-0.1, -0.05) is 24.3 Å². The summed E-state index contributed by atoms with van der Waals surface area (Å²) in [6, 6.07) is 6.06. The molecule has 3 N–H and O–H groups in total. The molecule has 0 radical (unpaired) electrons. The number of halogens is 1. The molecule has 1 aliphatic heterocycles. The molecule has 0 saturated carbocycles. The van der Waals surface area contributed by atoms with E-state index in [2.05, 4.69) is 5.32 Å². The maximum absolute atomic E-state index is 12.8. The number of aliphatic hydroxyl groups is 1. The first kappa shape index (κ1) is 17.9. The molecule has 0 aromatic heterocycles. The van der Waals surface area contributed by atoms with Crippen molar-refractivity contribution in [2.45, 2.75) is 24.9 Å². The van der Waals surface area contributed by atoms with Crippen molar-refractivity contribution in [3.63, 3.8) is 0 Å². The van der Waals surface area contributed by atoms with Crippen LogP contribution in [-0.4, -0.2) is 52.3 Å². The molecule has 2 rings (SSSR count). The molecular weight excluding hydrogens is 315 g/mol. The van der Waals surface area contributed by atoms with Crippen LogP contribution >= 0.6 is 0 Å². The second-order valence-corrected chi connectivity index (χ2v) is 5.80. The number of nitrogens with zero attached hydrogens (tertiary/aromatic N) is 1. The van der Waals surface area contributed by atoms with Crippen molar-refractivity contribution in [2.24, 2.45) is 0 Å². The van der Waals surface area contributed by atoms with E-state index < -0.39 is 17.6 Å². The number of carbonyl (C=O) groups is 2. The van der Waals surface area contributed by atoms with Crippen molar-refractivity contribution in [3.05, 3.63) is 41.7 Å². The van der Waals surface area contributed by atoms with Crippen LogP contribution in [0.3, 0.4) is 0 Å². The van der Waals surface area contributed by atoms with Gasteiger partial charge in [0.15, 0.2) is 0 Å². The summed E-state index contributed by atoms with van der Waals surface area (Å²) in [5.74, 6) is -0.760. The number of hydrogen-bond acceptors (Lipinski definition) is 3. The predicted molar refractivity (Wildman–Crippen MR) is 86.8 cm³/mol. The number of benzene rings is 1. The largest absolute Gasteiger partial charge is 0.465 e. The fraction of sp³-hybridized carbons (Fsp3) is 0.412.